The second kappa shape index (κ2) is 6.58. The fourth-order valence-electron chi connectivity index (χ4n) is 1.32. The van der Waals surface area contributed by atoms with Crippen molar-refractivity contribution in [2.45, 2.75) is 26.3 Å². The first kappa shape index (κ1) is 13.9. The zero-order valence-corrected chi connectivity index (χ0v) is 10.3. The molecule has 0 spiro atoms. The van der Waals surface area contributed by atoms with Crippen LogP contribution in [0.15, 0.2) is 10.9 Å². The highest BCUT2D eigenvalue weighted by molar-refractivity contribution is 5.80. The maximum Gasteiger partial charge on any atom is 0.323 e. The first-order valence-corrected chi connectivity index (χ1v) is 5.52. The summed E-state index contributed by atoms with van der Waals surface area (Å²) < 4.78 is 4.77. The highest BCUT2D eigenvalue weighted by atomic mass is 16.5. The van der Waals surface area contributed by atoms with Gasteiger partial charge in [0.2, 0.25) is 5.89 Å². The van der Waals surface area contributed by atoms with Gasteiger partial charge in [-0.05, 0) is 13.8 Å². The Labute approximate surface area is 104 Å². The zero-order chi connectivity index (χ0) is 13.5. The molecule has 0 fully saturated rings. The summed E-state index contributed by atoms with van der Waals surface area (Å²) in [5.74, 6) is -0.625. The van der Waals surface area contributed by atoms with Crippen LogP contribution in [-0.2, 0) is 11.2 Å². The Bertz CT molecular complexity index is 391. The van der Waals surface area contributed by atoms with Gasteiger partial charge in [0.15, 0.2) is 6.33 Å². The van der Waals surface area contributed by atoms with Crippen LogP contribution in [0.5, 0.6) is 0 Å². The van der Waals surface area contributed by atoms with Gasteiger partial charge in [0.25, 0.3) is 0 Å². The van der Waals surface area contributed by atoms with E-state index in [2.05, 4.69) is 15.5 Å². The molecule has 1 aromatic rings. The highest BCUT2D eigenvalue weighted by Crippen LogP contribution is 1.99. The number of aliphatic carboxylic acids is 1. The zero-order valence-electron chi connectivity index (χ0n) is 10.3. The van der Waals surface area contributed by atoms with Crippen LogP contribution < -0.4 is 5.32 Å². The van der Waals surface area contributed by atoms with E-state index in [1.165, 1.54) is 11.2 Å². The third-order valence-electron chi connectivity index (χ3n) is 2.21. The van der Waals surface area contributed by atoms with Gasteiger partial charge in [0.1, 0.15) is 6.54 Å². The van der Waals surface area contributed by atoms with Crippen molar-refractivity contribution in [3.63, 3.8) is 0 Å². The molecule has 1 rings (SSSR count). The monoisotopic (exact) mass is 256 g/mol. The SMILES string of the molecule is CC(C)N(CC(=O)O)C(=O)NCCc1ncno1. The molecule has 0 aliphatic rings. The van der Waals surface area contributed by atoms with Crippen LogP contribution in [0.1, 0.15) is 19.7 Å². The molecule has 8 nitrogen and oxygen atoms in total. The van der Waals surface area contributed by atoms with E-state index < -0.39 is 12.0 Å². The van der Waals surface area contributed by atoms with Crippen molar-refractivity contribution in [3.8, 4) is 0 Å². The number of carboxylic acid groups (broad SMARTS) is 1. The summed E-state index contributed by atoms with van der Waals surface area (Å²) in [4.78, 5) is 27.4. The molecule has 0 aromatic carbocycles. The van der Waals surface area contributed by atoms with Gasteiger partial charge in [-0.1, -0.05) is 5.16 Å². The van der Waals surface area contributed by atoms with Crippen LogP contribution in [0.25, 0.3) is 0 Å². The Morgan fingerprint density at radius 3 is 2.78 bits per heavy atom. The molecule has 0 aliphatic heterocycles. The Hall–Kier alpha value is -2.12. The average Bonchev–Trinajstić information content (AvgIpc) is 2.78. The van der Waals surface area contributed by atoms with Gasteiger partial charge in [0, 0.05) is 19.0 Å². The number of carboxylic acids is 1. The maximum atomic E-state index is 11.7. The van der Waals surface area contributed by atoms with Crippen molar-refractivity contribution < 1.29 is 19.2 Å². The largest absolute Gasteiger partial charge is 0.480 e. The normalized spacial score (nSPS) is 10.4. The molecule has 2 N–H and O–H groups in total. The Morgan fingerprint density at radius 2 is 2.28 bits per heavy atom. The molecule has 1 aromatic heterocycles. The van der Waals surface area contributed by atoms with E-state index in [4.69, 9.17) is 9.63 Å². The van der Waals surface area contributed by atoms with E-state index >= 15 is 0 Å². The third-order valence-corrected chi connectivity index (χ3v) is 2.21. The van der Waals surface area contributed by atoms with Crippen LogP contribution in [0.2, 0.25) is 0 Å². The van der Waals surface area contributed by atoms with Crippen LogP contribution in [0.4, 0.5) is 4.79 Å². The van der Waals surface area contributed by atoms with Crippen LogP contribution >= 0.6 is 0 Å². The molecule has 1 heterocycles. The number of carbonyl (C=O) groups is 2. The van der Waals surface area contributed by atoms with Crippen molar-refractivity contribution in [1.29, 1.82) is 0 Å². The predicted octanol–water partition coefficient (Wildman–Crippen LogP) is 0.117. The second-order valence-electron chi connectivity index (χ2n) is 3.93. The number of nitrogens with zero attached hydrogens (tertiary/aromatic N) is 3. The van der Waals surface area contributed by atoms with Gasteiger partial charge in [0.05, 0.1) is 0 Å². The van der Waals surface area contributed by atoms with E-state index in [0.717, 1.165) is 0 Å². The molecule has 0 radical (unpaired) electrons. The Balaban J connectivity index is 2.39. The fraction of sp³-hybridized carbons (Fsp3) is 0.600. The molecule has 0 atom stereocenters. The first-order valence-electron chi connectivity index (χ1n) is 5.52. The second-order valence-corrected chi connectivity index (χ2v) is 3.93. The van der Waals surface area contributed by atoms with Crippen LogP contribution in [0, 0.1) is 0 Å². The maximum absolute atomic E-state index is 11.7. The lowest BCUT2D eigenvalue weighted by molar-refractivity contribution is -0.138. The number of nitrogens with one attached hydrogen (secondary N) is 1. The minimum atomic E-state index is -1.05. The number of hydrogen-bond acceptors (Lipinski definition) is 5. The average molecular weight is 256 g/mol. The van der Waals surface area contributed by atoms with Crippen molar-refractivity contribution in [1.82, 2.24) is 20.4 Å². The minimum absolute atomic E-state index is 0.190. The fourth-order valence-corrected chi connectivity index (χ4v) is 1.32. The lowest BCUT2D eigenvalue weighted by Crippen LogP contribution is -2.46. The topological polar surface area (TPSA) is 109 Å². The summed E-state index contributed by atoms with van der Waals surface area (Å²) in [7, 11) is 0. The van der Waals surface area contributed by atoms with E-state index in [-0.39, 0.29) is 12.6 Å². The quantitative estimate of drug-likeness (QED) is 0.748. The molecule has 0 aliphatic carbocycles. The highest BCUT2D eigenvalue weighted by Gasteiger charge is 2.19. The van der Waals surface area contributed by atoms with Gasteiger partial charge < -0.3 is 19.8 Å². The third kappa shape index (κ3) is 4.40. The van der Waals surface area contributed by atoms with Crippen molar-refractivity contribution in [2.75, 3.05) is 13.1 Å². The molecule has 0 unspecified atom stereocenters. The molecular weight excluding hydrogens is 240 g/mol. The number of aromatic nitrogens is 2. The lowest BCUT2D eigenvalue weighted by Gasteiger charge is -2.24. The van der Waals surface area contributed by atoms with E-state index in [1.54, 1.807) is 13.8 Å². The molecule has 0 saturated carbocycles. The van der Waals surface area contributed by atoms with Gasteiger partial charge >= 0.3 is 12.0 Å². The summed E-state index contributed by atoms with van der Waals surface area (Å²) in [6.07, 6.45) is 1.69. The minimum Gasteiger partial charge on any atom is -0.480 e. The summed E-state index contributed by atoms with van der Waals surface area (Å²) in [6.45, 7) is 3.48. The lowest BCUT2D eigenvalue weighted by atomic mass is 10.3. The molecular formula is C10H16N4O4. The molecule has 8 heteroatoms. The molecule has 0 saturated heterocycles. The molecule has 100 valence electrons. The van der Waals surface area contributed by atoms with E-state index in [1.807, 2.05) is 0 Å². The van der Waals surface area contributed by atoms with Crippen LogP contribution in [0.3, 0.4) is 0 Å². The van der Waals surface area contributed by atoms with Gasteiger partial charge in [-0.25, -0.2) is 4.79 Å². The van der Waals surface area contributed by atoms with Gasteiger partial charge in [-0.3, -0.25) is 4.79 Å². The van der Waals surface area contributed by atoms with Crippen molar-refractivity contribution in [3.05, 3.63) is 12.2 Å². The van der Waals surface area contributed by atoms with Gasteiger partial charge in [-0.15, -0.1) is 0 Å². The summed E-state index contributed by atoms with van der Waals surface area (Å²) in [6, 6.07) is -0.614. The van der Waals surface area contributed by atoms with Gasteiger partial charge in [-0.2, -0.15) is 4.98 Å². The number of hydrogen-bond donors (Lipinski definition) is 2. The Morgan fingerprint density at radius 1 is 1.56 bits per heavy atom. The summed E-state index contributed by atoms with van der Waals surface area (Å²) >= 11 is 0. The smallest absolute Gasteiger partial charge is 0.323 e. The molecule has 2 amide bonds. The molecule has 18 heavy (non-hydrogen) atoms. The predicted molar refractivity (Wildman–Crippen MR) is 60.9 cm³/mol. The van der Waals surface area contributed by atoms with Crippen LogP contribution in [-0.4, -0.2) is 51.3 Å². The van der Waals surface area contributed by atoms with E-state index in [9.17, 15) is 9.59 Å². The Kier molecular flexibility index (Phi) is 5.09. The summed E-state index contributed by atoms with van der Waals surface area (Å²) in [5.41, 5.74) is 0. The van der Waals surface area contributed by atoms with Crippen molar-refractivity contribution in [2.24, 2.45) is 0 Å². The molecule has 0 bridgehead atoms. The number of carbonyl (C=O) groups excluding carboxylic acids is 1. The summed E-state index contributed by atoms with van der Waals surface area (Å²) in [5, 5.41) is 14.7. The number of amides is 2. The standard InChI is InChI=1S/C10H16N4O4/c1-7(2)14(5-9(15)16)10(17)11-4-3-8-12-6-13-18-8/h6-7H,3-5H2,1-2H3,(H,11,17)(H,15,16). The first-order chi connectivity index (χ1) is 8.50. The van der Waals surface area contributed by atoms with Crippen molar-refractivity contribution >= 4 is 12.0 Å². The number of rotatable bonds is 6. The number of urea groups is 1. The van der Waals surface area contributed by atoms with E-state index in [0.29, 0.717) is 18.9 Å².